The van der Waals surface area contributed by atoms with E-state index in [-0.39, 0.29) is 11.8 Å². The lowest BCUT2D eigenvalue weighted by Gasteiger charge is -2.25. The Labute approximate surface area is 159 Å². The number of benzene rings is 2. The number of rotatable bonds is 4. The van der Waals surface area contributed by atoms with Crippen LogP contribution in [0.5, 0.6) is 5.75 Å². The van der Waals surface area contributed by atoms with Crippen LogP contribution >= 0.6 is 0 Å². The Morgan fingerprint density at radius 2 is 1.59 bits per heavy atom. The monoisotopic (exact) mass is 364 g/mol. The van der Waals surface area contributed by atoms with Crippen molar-refractivity contribution in [2.75, 3.05) is 29.5 Å². The molecule has 1 aliphatic carbocycles. The Balaban J connectivity index is 1.56. The van der Waals surface area contributed by atoms with E-state index in [2.05, 4.69) is 0 Å². The summed E-state index contributed by atoms with van der Waals surface area (Å²) in [6.07, 6.45) is 3.24. The number of ether oxygens (including phenoxy) is 1. The zero-order valence-electron chi connectivity index (χ0n) is 15.6. The van der Waals surface area contributed by atoms with Crippen molar-refractivity contribution in [3.8, 4) is 5.75 Å². The van der Waals surface area contributed by atoms with Gasteiger partial charge in [0.05, 0.1) is 18.0 Å². The van der Waals surface area contributed by atoms with Crippen molar-refractivity contribution in [3.63, 3.8) is 0 Å². The van der Waals surface area contributed by atoms with Gasteiger partial charge in [-0.25, -0.2) is 0 Å². The van der Waals surface area contributed by atoms with Crippen molar-refractivity contribution in [2.45, 2.75) is 26.2 Å². The largest absolute Gasteiger partial charge is 0.493 e. The van der Waals surface area contributed by atoms with Gasteiger partial charge in [-0.15, -0.1) is 0 Å². The van der Waals surface area contributed by atoms with Crippen LogP contribution in [0.4, 0.5) is 11.4 Å². The van der Waals surface area contributed by atoms with Gasteiger partial charge in [-0.2, -0.15) is 0 Å². The van der Waals surface area contributed by atoms with E-state index in [1.54, 1.807) is 16.7 Å². The summed E-state index contributed by atoms with van der Waals surface area (Å²) in [5.74, 6) is 1.44. The number of hydrogen-bond acceptors (Lipinski definition) is 3. The Bertz CT molecular complexity index is 843. The lowest BCUT2D eigenvalue weighted by Crippen LogP contribution is -2.31. The summed E-state index contributed by atoms with van der Waals surface area (Å²) in [6.45, 7) is 3.52. The van der Waals surface area contributed by atoms with Gasteiger partial charge < -0.3 is 14.5 Å². The molecule has 1 aliphatic heterocycles. The fourth-order valence-corrected chi connectivity index (χ4v) is 3.43. The Morgan fingerprint density at radius 1 is 0.963 bits per heavy atom. The van der Waals surface area contributed by atoms with Gasteiger partial charge in [0.25, 0.3) is 5.91 Å². The van der Waals surface area contributed by atoms with E-state index in [0.29, 0.717) is 24.6 Å². The zero-order valence-corrected chi connectivity index (χ0v) is 15.6. The molecule has 5 heteroatoms. The Hall–Kier alpha value is -2.82. The van der Waals surface area contributed by atoms with E-state index < -0.39 is 0 Å². The predicted molar refractivity (Wildman–Crippen MR) is 105 cm³/mol. The van der Waals surface area contributed by atoms with Crippen molar-refractivity contribution in [3.05, 3.63) is 54.1 Å². The van der Waals surface area contributed by atoms with Crippen LogP contribution in [0, 0.1) is 5.92 Å². The van der Waals surface area contributed by atoms with Gasteiger partial charge in [-0.1, -0.05) is 12.1 Å². The highest BCUT2D eigenvalue weighted by Crippen LogP contribution is 2.33. The molecule has 0 aromatic heterocycles. The minimum absolute atomic E-state index is 0.00564. The highest BCUT2D eigenvalue weighted by Gasteiger charge is 2.27. The third kappa shape index (κ3) is 3.82. The molecule has 0 N–H and O–H groups in total. The standard InChI is InChI=1S/C22H24N2O3/c1-16(25)23-13-4-14-24(21-6-3-2-5-20(21)23)22(26)18-9-11-19(12-10-18)27-15-17-7-8-17/h2-3,5-6,9-12,17H,4,7-8,13-15H2,1H3. The number of carbonyl (C=O) groups is 2. The average Bonchev–Trinajstić information content (AvgIpc) is 3.52. The van der Waals surface area contributed by atoms with Gasteiger partial charge in [0.15, 0.2) is 0 Å². The van der Waals surface area contributed by atoms with Crippen molar-refractivity contribution in [1.29, 1.82) is 0 Å². The number of amides is 2. The van der Waals surface area contributed by atoms with Crippen LogP contribution in [0.1, 0.15) is 36.5 Å². The predicted octanol–water partition coefficient (Wildman–Crippen LogP) is 3.88. The maximum absolute atomic E-state index is 13.2. The first-order valence-electron chi connectivity index (χ1n) is 9.55. The minimum atomic E-state index is -0.0541. The first-order valence-corrected chi connectivity index (χ1v) is 9.55. The zero-order chi connectivity index (χ0) is 18.8. The summed E-state index contributed by atoms with van der Waals surface area (Å²) < 4.78 is 5.76. The number of nitrogens with zero attached hydrogens (tertiary/aromatic N) is 2. The van der Waals surface area contributed by atoms with Crippen LogP contribution in [-0.2, 0) is 4.79 Å². The molecule has 0 spiro atoms. The summed E-state index contributed by atoms with van der Waals surface area (Å²) in [7, 11) is 0. The van der Waals surface area contributed by atoms with E-state index in [0.717, 1.165) is 30.2 Å². The quantitative estimate of drug-likeness (QED) is 0.827. The maximum Gasteiger partial charge on any atom is 0.258 e. The van der Waals surface area contributed by atoms with Crippen molar-refractivity contribution in [1.82, 2.24) is 0 Å². The molecule has 0 radical (unpaired) electrons. The molecule has 2 aromatic rings. The molecule has 0 saturated heterocycles. The third-order valence-corrected chi connectivity index (χ3v) is 5.14. The van der Waals surface area contributed by atoms with Gasteiger partial charge >= 0.3 is 0 Å². The van der Waals surface area contributed by atoms with Crippen LogP contribution in [0.3, 0.4) is 0 Å². The molecule has 4 rings (SSSR count). The normalized spacial score (nSPS) is 16.5. The number of fused-ring (bicyclic) bond motifs is 1. The van der Waals surface area contributed by atoms with Gasteiger partial charge in [-0.3, -0.25) is 9.59 Å². The smallest absolute Gasteiger partial charge is 0.258 e. The minimum Gasteiger partial charge on any atom is -0.493 e. The summed E-state index contributed by atoms with van der Waals surface area (Å²) in [4.78, 5) is 28.7. The molecule has 5 nitrogen and oxygen atoms in total. The Morgan fingerprint density at radius 3 is 2.22 bits per heavy atom. The SMILES string of the molecule is CC(=O)N1CCCN(C(=O)c2ccc(OCC3CC3)cc2)c2ccccc21. The molecule has 2 aromatic carbocycles. The Kier molecular flexibility index (Phi) is 4.84. The molecule has 1 fully saturated rings. The van der Waals surface area contributed by atoms with Gasteiger partial charge in [-0.05, 0) is 61.6 Å². The second-order valence-corrected chi connectivity index (χ2v) is 7.25. The molecular formula is C22H24N2O3. The summed E-state index contributed by atoms with van der Waals surface area (Å²) in [5.41, 5.74) is 2.20. The molecule has 1 saturated carbocycles. The lowest BCUT2D eigenvalue weighted by atomic mass is 10.1. The van der Waals surface area contributed by atoms with E-state index in [1.165, 1.54) is 12.8 Å². The molecule has 0 bridgehead atoms. The highest BCUT2D eigenvalue weighted by atomic mass is 16.5. The fraction of sp³-hybridized carbons (Fsp3) is 0.364. The summed E-state index contributed by atoms with van der Waals surface area (Å²) >= 11 is 0. The van der Waals surface area contributed by atoms with Gasteiger partial charge in [0.1, 0.15) is 5.75 Å². The molecule has 2 aliphatic rings. The second kappa shape index (κ2) is 7.43. The second-order valence-electron chi connectivity index (χ2n) is 7.25. The molecule has 1 heterocycles. The van der Waals surface area contributed by atoms with E-state index in [4.69, 9.17) is 4.74 Å². The van der Waals surface area contributed by atoms with Gasteiger partial charge in [0, 0.05) is 25.6 Å². The summed E-state index contributed by atoms with van der Waals surface area (Å²) in [5, 5.41) is 0. The first kappa shape index (κ1) is 17.6. The highest BCUT2D eigenvalue weighted by molar-refractivity contribution is 6.09. The molecule has 140 valence electrons. The number of para-hydroxylation sites is 2. The van der Waals surface area contributed by atoms with E-state index in [9.17, 15) is 9.59 Å². The van der Waals surface area contributed by atoms with Crippen LogP contribution < -0.4 is 14.5 Å². The van der Waals surface area contributed by atoms with Crippen LogP contribution in [0.15, 0.2) is 48.5 Å². The fourth-order valence-electron chi connectivity index (χ4n) is 3.43. The molecule has 27 heavy (non-hydrogen) atoms. The molecule has 2 amide bonds. The number of anilines is 2. The van der Waals surface area contributed by atoms with Crippen LogP contribution in [-0.4, -0.2) is 31.5 Å². The van der Waals surface area contributed by atoms with Gasteiger partial charge in [0.2, 0.25) is 5.91 Å². The summed E-state index contributed by atoms with van der Waals surface area (Å²) in [6, 6.07) is 15.0. The average molecular weight is 364 g/mol. The topological polar surface area (TPSA) is 49.9 Å². The molecule has 0 unspecified atom stereocenters. The van der Waals surface area contributed by atoms with Crippen molar-refractivity contribution >= 4 is 23.2 Å². The molecule has 0 atom stereocenters. The van der Waals surface area contributed by atoms with E-state index in [1.807, 2.05) is 48.5 Å². The van der Waals surface area contributed by atoms with Crippen molar-refractivity contribution in [2.24, 2.45) is 5.92 Å². The number of carbonyl (C=O) groups excluding carboxylic acids is 2. The van der Waals surface area contributed by atoms with Crippen LogP contribution in [0.25, 0.3) is 0 Å². The molecular weight excluding hydrogens is 340 g/mol. The van der Waals surface area contributed by atoms with Crippen molar-refractivity contribution < 1.29 is 14.3 Å². The third-order valence-electron chi connectivity index (χ3n) is 5.14. The van der Waals surface area contributed by atoms with Crippen LogP contribution in [0.2, 0.25) is 0 Å². The lowest BCUT2D eigenvalue weighted by molar-refractivity contribution is -0.116. The number of hydrogen-bond donors (Lipinski definition) is 0. The van der Waals surface area contributed by atoms with E-state index >= 15 is 0 Å². The maximum atomic E-state index is 13.2. The first-order chi connectivity index (χ1) is 13.1.